The molecule has 1 aromatic rings. The number of benzene rings is 1. The van der Waals surface area contributed by atoms with Crippen LogP contribution in [-0.2, 0) is 16.6 Å². The smallest absolute Gasteiger partial charge is 0.240 e. The maximum Gasteiger partial charge on any atom is 0.240 e. The first-order valence-corrected chi connectivity index (χ1v) is 7.78. The molecule has 0 heterocycles. The molecular formula is C12H20ClN3O2S. The second-order valence-corrected chi connectivity index (χ2v) is 6.80. The van der Waals surface area contributed by atoms with Gasteiger partial charge in [0.25, 0.3) is 0 Å². The van der Waals surface area contributed by atoms with Gasteiger partial charge in [-0.3, -0.25) is 0 Å². The molecule has 0 amide bonds. The van der Waals surface area contributed by atoms with Gasteiger partial charge in [-0.2, -0.15) is 0 Å². The summed E-state index contributed by atoms with van der Waals surface area (Å²) in [5, 5.41) is 0.475. The van der Waals surface area contributed by atoms with E-state index >= 15 is 0 Å². The average molecular weight is 306 g/mol. The lowest BCUT2D eigenvalue weighted by atomic mass is 10.2. The molecule has 108 valence electrons. The van der Waals surface area contributed by atoms with E-state index in [0.717, 1.165) is 0 Å². The van der Waals surface area contributed by atoms with Crippen LogP contribution >= 0.6 is 11.6 Å². The summed E-state index contributed by atoms with van der Waals surface area (Å²) in [6, 6.07) is 4.64. The van der Waals surface area contributed by atoms with Crippen LogP contribution in [0.15, 0.2) is 23.1 Å². The Hall–Kier alpha value is -0.660. The van der Waals surface area contributed by atoms with E-state index in [1.807, 2.05) is 25.9 Å². The van der Waals surface area contributed by atoms with E-state index in [-0.39, 0.29) is 17.5 Å². The fourth-order valence-electron chi connectivity index (χ4n) is 1.37. The molecule has 0 radical (unpaired) electrons. The van der Waals surface area contributed by atoms with Crippen molar-refractivity contribution in [3.63, 3.8) is 0 Å². The van der Waals surface area contributed by atoms with Crippen LogP contribution in [0.5, 0.6) is 0 Å². The Labute approximate surface area is 119 Å². The Morgan fingerprint density at radius 1 is 1.42 bits per heavy atom. The van der Waals surface area contributed by atoms with E-state index in [1.165, 1.54) is 12.1 Å². The third-order valence-corrected chi connectivity index (χ3v) is 4.79. The van der Waals surface area contributed by atoms with Crippen molar-refractivity contribution in [2.24, 2.45) is 5.73 Å². The zero-order valence-corrected chi connectivity index (χ0v) is 12.9. The molecule has 0 saturated heterocycles. The zero-order valence-electron chi connectivity index (χ0n) is 11.4. The number of rotatable bonds is 6. The van der Waals surface area contributed by atoms with E-state index < -0.39 is 10.0 Å². The molecule has 0 aliphatic carbocycles. The lowest BCUT2D eigenvalue weighted by molar-refractivity contribution is 0.314. The normalized spacial score (nSPS) is 13.8. The van der Waals surface area contributed by atoms with Crippen molar-refractivity contribution in [2.45, 2.75) is 24.4 Å². The number of nitrogens with zero attached hydrogens (tertiary/aromatic N) is 1. The van der Waals surface area contributed by atoms with E-state index in [2.05, 4.69) is 4.72 Å². The number of nitrogens with one attached hydrogen (secondary N) is 1. The summed E-state index contributed by atoms with van der Waals surface area (Å²) in [6.07, 6.45) is 0. The Kier molecular flexibility index (Phi) is 5.76. The molecule has 3 N–H and O–H groups in total. The van der Waals surface area contributed by atoms with Gasteiger partial charge in [0.15, 0.2) is 0 Å². The molecule has 7 heteroatoms. The molecule has 0 aliphatic rings. The van der Waals surface area contributed by atoms with Crippen LogP contribution in [0.3, 0.4) is 0 Å². The Bertz CT molecular complexity index is 532. The zero-order chi connectivity index (χ0) is 14.6. The molecule has 0 bridgehead atoms. The highest BCUT2D eigenvalue weighted by atomic mass is 35.5. The van der Waals surface area contributed by atoms with Crippen LogP contribution in [0.4, 0.5) is 0 Å². The molecule has 0 spiro atoms. The summed E-state index contributed by atoms with van der Waals surface area (Å²) in [4.78, 5) is 2.12. The third kappa shape index (κ3) is 4.43. The molecule has 1 atom stereocenters. The fourth-order valence-corrected chi connectivity index (χ4v) is 2.74. The number of nitrogens with two attached hydrogens (primary N) is 1. The summed E-state index contributed by atoms with van der Waals surface area (Å²) in [6.45, 7) is 2.49. The molecule has 0 fully saturated rings. The molecular weight excluding hydrogens is 286 g/mol. The lowest BCUT2D eigenvalue weighted by Crippen LogP contribution is -2.38. The third-order valence-electron chi connectivity index (χ3n) is 3.00. The van der Waals surface area contributed by atoms with Crippen molar-refractivity contribution in [1.29, 1.82) is 0 Å². The highest BCUT2D eigenvalue weighted by Crippen LogP contribution is 2.19. The largest absolute Gasteiger partial charge is 0.326 e. The molecule has 1 unspecified atom stereocenters. The molecule has 0 aliphatic heterocycles. The fraction of sp³-hybridized carbons (Fsp3) is 0.500. The van der Waals surface area contributed by atoms with Crippen molar-refractivity contribution < 1.29 is 8.42 Å². The first-order valence-electron chi connectivity index (χ1n) is 5.92. The highest BCUT2D eigenvalue weighted by Gasteiger charge is 2.17. The van der Waals surface area contributed by atoms with Crippen molar-refractivity contribution in [2.75, 3.05) is 20.6 Å². The van der Waals surface area contributed by atoms with Gasteiger partial charge < -0.3 is 10.6 Å². The minimum atomic E-state index is -3.53. The van der Waals surface area contributed by atoms with Gasteiger partial charge in [-0.25, -0.2) is 13.1 Å². The quantitative estimate of drug-likeness (QED) is 0.823. The first kappa shape index (κ1) is 16.4. The number of likely N-dealkylation sites (N-methyl/N-ethyl adjacent to an activating group) is 1. The van der Waals surface area contributed by atoms with Gasteiger partial charge in [-0.05, 0) is 44.8 Å². The van der Waals surface area contributed by atoms with Gasteiger partial charge >= 0.3 is 0 Å². The van der Waals surface area contributed by atoms with Gasteiger partial charge in [0.05, 0.1) is 4.90 Å². The highest BCUT2D eigenvalue weighted by molar-refractivity contribution is 7.89. The molecule has 19 heavy (non-hydrogen) atoms. The Morgan fingerprint density at radius 3 is 2.58 bits per heavy atom. The number of hydrogen-bond acceptors (Lipinski definition) is 4. The topological polar surface area (TPSA) is 75.4 Å². The Balaban J connectivity index is 2.89. The van der Waals surface area contributed by atoms with Crippen molar-refractivity contribution >= 4 is 21.6 Å². The summed E-state index contributed by atoms with van der Waals surface area (Å²) >= 11 is 5.91. The predicted molar refractivity (Wildman–Crippen MR) is 77.7 cm³/mol. The second-order valence-electron chi connectivity index (χ2n) is 4.62. The van der Waals surface area contributed by atoms with Crippen LogP contribution in [0.2, 0.25) is 5.02 Å². The maximum absolute atomic E-state index is 12.1. The molecule has 0 saturated carbocycles. The average Bonchev–Trinajstić information content (AvgIpc) is 2.36. The van der Waals surface area contributed by atoms with Gasteiger partial charge in [0.1, 0.15) is 0 Å². The molecule has 1 rings (SSSR count). The van der Waals surface area contributed by atoms with E-state index in [0.29, 0.717) is 17.1 Å². The molecule has 1 aromatic carbocycles. The van der Waals surface area contributed by atoms with E-state index in [4.69, 9.17) is 17.3 Å². The minimum Gasteiger partial charge on any atom is -0.326 e. The number of halogens is 1. The standard InChI is InChI=1S/C12H20ClN3O2S/c1-9(16(2)3)8-15-19(17,18)11-4-5-12(13)10(6-11)7-14/h4-6,9,15H,7-8,14H2,1-3H3. The van der Waals surface area contributed by atoms with E-state index in [1.54, 1.807) is 6.07 Å². The van der Waals surface area contributed by atoms with Crippen molar-refractivity contribution in [3.05, 3.63) is 28.8 Å². The van der Waals surface area contributed by atoms with Gasteiger partial charge in [0, 0.05) is 24.2 Å². The first-order chi connectivity index (χ1) is 8.77. The molecule has 5 nitrogen and oxygen atoms in total. The van der Waals surface area contributed by atoms with Crippen molar-refractivity contribution in [3.8, 4) is 0 Å². The van der Waals surface area contributed by atoms with Gasteiger partial charge in [-0.15, -0.1) is 0 Å². The van der Waals surface area contributed by atoms with Crippen LogP contribution in [0, 0.1) is 0 Å². The summed E-state index contributed by atoms with van der Waals surface area (Å²) in [7, 11) is 0.264. The second kappa shape index (κ2) is 6.67. The maximum atomic E-state index is 12.1. The Morgan fingerprint density at radius 2 is 2.05 bits per heavy atom. The van der Waals surface area contributed by atoms with Crippen LogP contribution in [0.1, 0.15) is 12.5 Å². The summed E-state index contributed by atoms with van der Waals surface area (Å²) < 4.78 is 26.8. The van der Waals surface area contributed by atoms with E-state index in [9.17, 15) is 8.42 Å². The SMILES string of the molecule is CC(CNS(=O)(=O)c1ccc(Cl)c(CN)c1)N(C)C. The van der Waals surface area contributed by atoms with Gasteiger partial charge in [0.2, 0.25) is 10.0 Å². The predicted octanol–water partition coefficient (Wildman–Crippen LogP) is 1.03. The number of sulfonamides is 1. The monoisotopic (exact) mass is 305 g/mol. The molecule has 0 aromatic heterocycles. The summed E-state index contributed by atoms with van der Waals surface area (Å²) in [5.74, 6) is 0. The van der Waals surface area contributed by atoms with Crippen LogP contribution in [0.25, 0.3) is 0 Å². The minimum absolute atomic E-state index is 0.107. The van der Waals surface area contributed by atoms with Crippen LogP contribution in [-0.4, -0.2) is 40.0 Å². The van der Waals surface area contributed by atoms with Gasteiger partial charge in [-0.1, -0.05) is 11.6 Å². The number of hydrogen-bond donors (Lipinski definition) is 2. The van der Waals surface area contributed by atoms with Crippen molar-refractivity contribution in [1.82, 2.24) is 9.62 Å². The lowest BCUT2D eigenvalue weighted by Gasteiger charge is -2.20. The summed E-state index contributed by atoms with van der Waals surface area (Å²) in [5.41, 5.74) is 6.13. The van der Waals surface area contributed by atoms with Crippen LogP contribution < -0.4 is 10.5 Å².